The maximum absolute atomic E-state index is 5.71. The van der Waals surface area contributed by atoms with E-state index in [4.69, 9.17) is 4.74 Å². The smallest absolute Gasteiger partial charge is 0.128 e. The fraction of sp³-hybridized carbons (Fsp3) is 0.600. The fourth-order valence-electron chi connectivity index (χ4n) is 3.15. The summed E-state index contributed by atoms with van der Waals surface area (Å²) in [6, 6.07) is 4.49. The molecule has 3 rings (SSSR count). The SMILES string of the molecule is COc1c(CN2CCNCC2)ccc2c1CCN2C. The molecule has 1 fully saturated rings. The number of benzene rings is 1. The topological polar surface area (TPSA) is 27.7 Å². The summed E-state index contributed by atoms with van der Waals surface area (Å²) in [5, 5.41) is 3.40. The third kappa shape index (κ3) is 2.42. The number of nitrogens with one attached hydrogen (secondary N) is 1. The van der Waals surface area contributed by atoms with Crippen molar-refractivity contribution in [2.24, 2.45) is 0 Å². The monoisotopic (exact) mass is 261 g/mol. The summed E-state index contributed by atoms with van der Waals surface area (Å²) in [5.41, 5.74) is 4.05. The van der Waals surface area contributed by atoms with Gasteiger partial charge < -0.3 is 15.0 Å². The van der Waals surface area contributed by atoms with Crippen LogP contribution < -0.4 is 15.0 Å². The number of hydrogen-bond donors (Lipinski definition) is 1. The van der Waals surface area contributed by atoms with E-state index in [-0.39, 0.29) is 0 Å². The highest BCUT2D eigenvalue weighted by atomic mass is 16.5. The molecule has 0 atom stereocenters. The van der Waals surface area contributed by atoms with Crippen molar-refractivity contribution in [3.05, 3.63) is 23.3 Å². The second-order valence-corrected chi connectivity index (χ2v) is 5.45. The van der Waals surface area contributed by atoms with E-state index in [0.717, 1.165) is 51.4 Å². The van der Waals surface area contributed by atoms with Gasteiger partial charge in [0.25, 0.3) is 0 Å². The Bertz CT molecular complexity index is 455. The molecule has 1 N–H and O–H groups in total. The molecule has 0 aliphatic carbocycles. The van der Waals surface area contributed by atoms with Crippen molar-refractivity contribution in [1.29, 1.82) is 0 Å². The molecule has 1 aromatic rings. The van der Waals surface area contributed by atoms with E-state index in [1.807, 2.05) is 0 Å². The predicted molar refractivity (Wildman–Crippen MR) is 78.1 cm³/mol. The van der Waals surface area contributed by atoms with E-state index < -0.39 is 0 Å². The average Bonchev–Trinajstić information content (AvgIpc) is 2.82. The molecule has 0 amide bonds. The summed E-state index contributed by atoms with van der Waals surface area (Å²) in [5.74, 6) is 1.11. The van der Waals surface area contributed by atoms with Crippen molar-refractivity contribution >= 4 is 5.69 Å². The van der Waals surface area contributed by atoms with Gasteiger partial charge in [0.15, 0.2) is 0 Å². The van der Waals surface area contributed by atoms with Crippen LogP contribution in [0.3, 0.4) is 0 Å². The predicted octanol–water partition coefficient (Wildman–Crippen LogP) is 1.09. The number of ether oxygens (including phenoxy) is 1. The zero-order chi connectivity index (χ0) is 13.2. The van der Waals surface area contributed by atoms with E-state index >= 15 is 0 Å². The van der Waals surface area contributed by atoms with Crippen molar-refractivity contribution in [3.63, 3.8) is 0 Å². The molecule has 2 aliphatic heterocycles. The number of methoxy groups -OCH3 is 1. The number of fused-ring (bicyclic) bond motifs is 1. The molecule has 19 heavy (non-hydrogen) atoms. The molecule has 1 aromatic carbocycles. The summed E-state index contributed by atoms with van der Waals surface area (Å²) in [4.78, 5) is 4.81. The van der Waals surface area contributed by atoms with Crippen LogP contribution in [0.2, 0.25) is 0 Å². The van der Waals surface area contributed by atoms with Crippen LogP contribution in [0, 0.1) is 0 Å². The van der Waals surface area contributed by atoms with Crippen molar-refractivity contribution in [2.75, 3.05) is 51.8 Å². The van der Waals surface area contributed by atoms with Gasteiger partial charge in [0.05, 0.1) is 7.11 Å². The number of hydrogen-bond acceptors (Lipinski definition) is 4. The van der Waals surface area contributed by atoms with E-state index in [1.165, 1.54) is 16.8 Å². The zero-order valence-corrected chi connectivity index (χ0v) is 11.9. The molecule has 4 nitrogen and oxygen atoms in total. The van der Waals surface area contributed by atoms with Gasteiger partial charge in [-0.05, 0) is 12.5 Å². The largest absolute Gasteiger partial charge is 0.496 e. The standard InChI is InChI=1S/C15H23N3O/c1-17-8-5-13-14(17)4-3-12(15(13)19-2)11-18-9-6-16-7-10-18/h3-4,16H,5-11H2,1-2H3. The lowest BCUT2D eigenvalue weighted by molar-refractivity contribution is 0.230. The molecule has 4 heteroatoms. The van der Waals surface area contributed by atoms with Crippen LogP contribution in [0.4, 0.5) is 5.69 Å². The lowest BCUT2D eigenvalue weighted by atomic mass is 10.1. The van der Waals surface area contributed by atoms with E-state index in [0.29, 0.717) is 0 Å². The minimum atomic E-state index is 1.00. The quantitative estimate of drug-likeness (QED) is 0.881. The van der Waals surface area contributed by atoms with Crippen LogP contribution in [-0.4, -0.2) is 51.8 Å². The van der Waals surface area contributed by atoms with Gasteiger partial charge >= 0.3 is 0 Å². The van der Waals surface area contributed by atoms with E-state index in [1.54, 1.807) is 7.11 Å². The van der Waals surface area contributed by atoms with Crippen molar-refractivity contribution in [1.82, 2.24) is 10.2 Å². The molecule has 0 saturated carbocycles. The first-order valence-electron chi connectivity index (χ1n) is 7.12. The first-order valence-corrected chi connectivity index (χ1v) is 7.12. The Kier molecular flexibility index (Phi) is 3.62. The lowest BCUT2D eigenvalue weighted by Crippen LogP contribution is -2.42. The second-order valence-electron chi connectivity index (χ2n) is 5.45. The van der Waals surface area contributed by atoms with Crippen LogP contribution in [0.1, 0.15) is 11.1 Å². The number of anilines is 1. The van der Waals surface area contributed by atoms with Crippen LogP contribution in [0.5, 0.6) is 5.75 Å². The summed E-state index contributed by atoms with van der Waals surface area (Å²) in [6.45, 7) is 6.54. The maximum Gasteiger partial charge on any atom is 0.128 e. The molecule has 0 unspecified atom stereocenters. The molecule has 1 saturated heterocycles. The second kappa shape index (κ2) is 5.39. The molecule has 104 valence electrons. The summed E-state index contributed by atoms with van der Waals surface area (Å²) >= 11 is 0. The van der Waals surface area contributed by atoms with Gasteiger partial charge in [-0.15, -0.1) is 0 Å². The van der Waals surface area contributed by atoms with E-state index in [2.05, 4.69) is 34.3 Å². The van der Waals surface area contributed by atoms with Crippen LogP contribution in [-0.2, 0) is 13.0 Å². The summed E-state index contributed by atoms with van der Waals surface area (Å²) < 4.78 is 5.71. The molecular formula is C15H23N3O. The fourth-order valence-corrected chi connectivity index (χ4v) is 3.15. The Morgan fingerprint density at radius 2 is 2.00 bits per heavy atom. The summed E-state index contributed by atoms with van der Waals surface area (Å²) in [6.07, 6.45) is 1.10. The Morgan fingerprint density at radius 3 is 2.74 bits per heavy atom. The third-order valence-corrected chi connectivity index (χ3v) is 4.23. The van der Waals surface area contributed by atoms with Gasteiger partial charge in [-0.25, -0.2) is 0 Å². The van der Waals surface area contributed by atoms with Crippen molar-refractivity contribution < 1.29 is 4.74 Å². The number of likely N-dealkylation sites (N-methyl/N-ethyl adjacent to an activating group) is 1. The lowest BCUT2D eigenvalue weighted by Gasteiger charge is -2.28. The highest BCUT2D eigenvalue weighted by Gasteiger charge is 2.23. The van der Waals surface area contributed by atoms with Gasteiger partial charge in [0, 0.05) is 63.1 Å². The molecule has 2 aliphatic rings. The first kappa shape index (κ1) is 12.8. The van der Waals surface area contributed by atoms with E-state index in [9.17, 15) is 0 Å². The molecular weight excluding hydrogens is 238 g/mol. The Morgan fingerprint density at radius 1 is 1.21 bits per heavy atom. The van der Waals surface area contributed by atoms with Crippen LogP contribution in [0.25, 0.3) is 0 Å². The number of nitrogens with zero attached hydrogens (tertiary/aromatic N) is 2. The Balaban J connectivity index is 1.85. The average molecular weight is 261 g/mol. The third-order valence-electron chi connectivity index (χ3n) is 4.23. The minimum absolute atomic E-state index is 1.00. The van der Waals surface area contributed by atoms with Crippen molar-refractivity contribution in [3.8, 4) is 5.75 Å². The molecule has 0 aromatic heterocycles. The number of piperazine rings is 1. The maximum atomic E-state index is 5.71. The Hall–Kier alpha value is -1.26. The van der Waals surface area contributed by atoms with Gasteiger partial charge in [-0.2, -0.15) is 0 Å². The van der Waals surface area contributed by atoms with Gasteiger partial charge in [-0.1, -0.05) is 6.07 Å². The first-order chi connectivity index (χ1) is 9.29. The molecule has 0 radical (unpaired) electrons. The highest BCUT2D eigenvalue weighted by Crippen LogP contribution is 2.37. The van der Waals surface area contributed by atoms with Gasteiger partial charge in [-0.3, -0.25) is 4.90 Å². The minimum Gasteiger partial charge on any atom is -0.496 e. The van der Waals surface area contributed by atoms with Crippen LogP contribution >= 0.6 is 0 Å². The van der Waals surface area contributed by atoms with Crippen molar-refractivity contribution in [2.45, 2.75) is 13.0 Å². The summed E-state index contributed by atoms with van der Waals surface area (Å²) in [7, 11) is 3.95. The molecule has 0 spiro atoms. The van der Waals surface area contributed by atoms with Gasteiger partial charge in [0.1, 0.15) is 5.75 Å². The zero-order valence-electron chi connectivity index (χ0n) is 11.9. The Labute approximate surface area is 115 Å². The van der Waals surface area contributed by atoms with Crippen LogP contribution in [0.15, 0.2) is 12.1 Å². The van der Waals surface area contributed by atoms with Gasteiger partial charge in [0.2, 0.25) is 0 Å². The molecule has 2 heterocycles. The normalized spacial score (nSPS) is 19.6. The molecule has 0 bridgehead atoms. The highest BCUT2D eigenvalue weighted by molar-refractivity contribution is 5.65. The number of rotatable bonds is 3.